The molecule has 0 radical (unpaired) electrons. The molecule has 1 nitrogen and oxygen atoms in total. The van der Waals surface area contributed by atoms with Crippen molar-refractivity contribution < 1.29 is 5.11 Å². The molecule has 2 unspecified atom stereocenters. The normalized spacial score (nSPS) is 15.4. The van der Waals surface area contributed by atoms with Crippen LogP contribution in [0, 0.1) is 5.92 Å². The van der Waals surface area contributed by atoms with E-state index in [0.29, 0.717) is 5.92 Å². The van der Waals surface area contributed by atoms with E-state index in [-0.39, 0.29) is 6.10 Å². The number of rotatable bonds is 5. The lowest BCUT2D eigenvalue weighted by atomic mass is 9.96. The van der Waals surface area contributed by atoms with Gasteiger partial charge in [0.05, 0.1) is 6.10 Å². The zero-order valence-corrected chi connectivity index (χ0v) is 9.56. The third kappa shape index (κ3) is 4.30. The van der Waals surface area contributed by atoms with Crippen molar-refractivity contribution in [1.82, 2.24) is 0 Å². The van der Waals surface area contributed by atoms with Gasteiger partial charge in [-0.2, -0.15) is 0 Å². The Morgan fingerprint density at radius 2 is 1.93 bits per heavy atom. The Morgan fingerprint density at radius 3 is 2.47 bits per heavy atom. The molecule has 0 saturated carbocycles. The fourth-order valence-electron chi connectivity index (χ4n) is 1.65. The van der Waals surface area contributed by atoms with E-state index in [1.54, 1.807) is 0 Å². The summed E-state index contributed by atoms with van der Waals surface area (Å²) in [5.41, 5.74) is 1.22. The first-order chi connectivity index (χ1) is 7.24. The monoisotopic (exact) mass is 204 g/mol. The van der Waals surface area contributed by atoms with Gasteiger partial charge in [-0.3, -0.25) is 0 Å². The van der Waals surface area contributed by atoms with Crippen LogP contribution < -0.4 is 0 Å². The molecule has 0 aromatic heterocycles. The lowest BCUT2D eigenvalue weighted by Crippen LogP contribution is -2.14. The SMILES string of the molecule is CCC(CC=Cc1ccccc1)C(C)O. The molecule has 0 fully saturated rings. The van der Waals surface area contributed by atoms with E-state index in [2.05, 4.69) is 31.2 Å². The molecule has 0 aliphatic rings. The van der Waals surface area contributed by atoms with E-state index in [0.717, 1.165) is 12.8 Å². The molecule has 0 bridgehead atoms. The van der Waals surface area contributed by atoms with Crippen molar-refractivity contribution in [1.29, 1.82) is 0 Å². The Morgan fingerprint density at radius 1 is 1.27 bits per heavy atom. The predicted molar refractivity (Wildman–Crippen MR) is 65.6 cm³/mol. The Hall–Kier alpha value is -1.08. The van der Waals surface area contributed by atoms with Crippen molar-refractivity contribution in [2.45, 2.75) is 32.8 Å². The third-order valence-corrected chi connectivity index (χ3v) is 2.76. The predicted octanol–water partition coefficient (Wildman–Crippen LogP) is 3.50. The lowest BCUT2D eigenvalue weighted by molar-refractivity contribution is 0.124. The Balaban J connectivity index is 2.46. The minimum absolute atomic E-state index is 0.213. The van der Waals surface area contributed by atoms with Gasteiger partial charge in [-0.15, -0.1) is 0 Å². The van der Waals surface area contributed by atoms with Crippen molar-refractivity contribution >= 4 is 6.08 Å². The minimum atomic E-state index is -0.213. The van der Waals surface area contributed by atoms with Crippen LogP contribution in [-0.4, -0.2) is 11.2 Å². The van der Waals surface area contributed by atoms with Crippen molar-refractivity contribution in [3.05, 3.63) is 42.0 Å². The van der Waals surface area contributed by atoms with Gasteiger partial charge < -0.3 is 5.11 Å². The van der Waals surface area contributed by atoms with Gasteiger partial charge in [0.15, 0.2) is 0 Å². The highest BCUT2D eigenvalue weighted by atomic mass is 16.3. The number of aliphatic hydroxyl groups is 1. The average Bonchev–Trinajstić information content (AvgIpc) is 2.25. The molecule has 1 aromatic carbocycles. The Labute approximate surface area is 92.5 Å². The second-order valence-electron chi connectivity index (χ2n) is 3.96. The van der Waals surface area contributed by atoms with Gasteiger partial charge >= 0.3 is 0 Å². The first kappa shape index (κ1) is 12.0. The van der Waals surface area contributed by atoms with E-state index in [1.807, 2.05) is 25.1 Å². The second-order valence-corrected chi connectivity index (χ2v) is 3.96. The van der Waals surface area contributed by atoms with Gasteiger partial charge in [0.25, 0.3) is 0 Å². The maximum Gasteiger partial charge on any atom is 0.0543 e. The molecule has 1 rings (SSSR count). The number of hydrogen-bond acceptors (Lipinski definition) is 1. The number of hydrogen-bond donors (Lipinski definition) is 1. The first-order valence-electron chi connectivity index (χ1n) is 5.63. The maximum atomic E-state index is 9.48. The summed E-state index contributed by atoms with van der Waals surface area (Å²) >= 11 is 0. The fourth-order valence-corrected chi connectivity index (χ4v) is 1.65. The molecule has 2 atom stereocenters. The average molecular weight is 204 g/mol. The highest BCUT2D eigenvalue weighted by molar-refractivity contribution is 5.48. The van der Waals surface area contributed by atoms with Crippen LogP contribution in [0.15, 0.2) is 36.4 Å². The molecule has 0 aliphatic carbocycles. The van der Waals surface area contributed by atoms with Crippen LogP contribution in [0.5, 0.6) is 0 Å². The van der Waals surface area contributed by atoms with Gasteiger partial charge in [0.1, 0.15) is 0 Å². The molecular weight excluding hydrogens is 184 g/mol. The summed E-state index contributed by atoms with van der Waals surface area (Å²) in [7, 11) is 0. The molecule has 82 valence electrons. The van der Waals surface area contributed by atoms with Gasteiger partial charge in [-0.05, 0) is 24.8 Å². The maximum absolute atomic E-state index is 9.48. The molecule has 0 spiro atoms. The third-order valence-electron chi connectivity index (χ3n) is 2.76. The summed E-state index contributed by atoms with van der Waals surface area (Å²) in [6.45, 7) is 3.98. The van der Waals surface area contributed by atoms with Gasteiger partial charge in [-0.1, -0.05) is 55.8 Å². The molecule has 0 amide bonds. The molecule has 15 heavy (non-hydrogen) atoms. The fraction of sp³-hybridized carbons (Fsp3) is 0.429. The van der Waals surface area contributed by atoms with E-state index in [1.165, 1.54) is 5.56 Å². The van der Waals surface area contributed by atoms with Crippen molar-refractivity contribution in [2.75, 3.05) is 0 Å². The summed E-state index contributed by atoms with van der Waals surface area (Å²) in [6, 6.07) is 10.2. The lowest BCUT2D eigenvalue weighted by Gasteiger charge is -2.15. The van der Waals surface area contributed by atoms with Crippen LogP contribution in [0.3, 0.4) is 0 Å². The van der Waals surface area contributed by atoms with E-state index < -0.39 is 0 Å². The summed E-state index contributed by atoms with van der Waals surface area (Å²) < 4.78 is 0. The molecular formula is C14H20O. The molecule has 1 heteroatoms. The molecule has 1 N–H and O–H groups in total. The smallest absolute Gasteiger partial charge is 0.0543 e. The minimum Gasteiger partial charge on any atom is -0.393 e. The molecule has 0 saturated heterocycles. The number of allylic oxidation sites excluding steroid dienone is 1. The highest BCUT2D eigenvalue weighted by Gasteiger charge is 2.09. The Kier molecular flexibility index (Phi) is 5.13. The largest absolute Gasteiger partial charge is 0.393 e. The van der Waals surface area contributed by atoms with Crippen LogP contribution in [0.1, 0.15) is 32.3 Å². The van der Waals surface area contributed by atoms with Crippen LogP contribution in [0.2, 0.25) is 0 Å². The summed E-state index contributed by atoms with van der Waals surface area (Å²) in [4.78, 5) is 0. The van der Waals surface area contributed by atoms with Crippen LogP contribution in [0.4, 0.5) is 0 Å². The quantitative estimate of drug-likeness (QED) is 0.778. The highest BCUT2D eigenvalue weighted by Crippen LogP contribution is 2.14. The molecule has 1 aromatic rings. The number of aliphatic hydroxyl groups excluding tert-OH is 1. The number of benzene rings is 1. The standard InChI is InChI=1S/C14H20O/c1-3-14(12(2)15)11-7-10-13-8-5-4-6-9-13/h4-10,12,14-15H,3,11H2,1-2H3. The summed E-state index contributed by atoms with van der Waals surface area (Å²) in [5.74, 6) is 0.380. The molecule has 0 heterocycles. The Bertz CT molecular complexity index is 287. The topological polar surface area (TPSA) is 20.2 Å². The summed E-state index contributed by atoms with van der Waals surface area (Å²) in [6.07, 6.45) is 6.02. The first-order valence-corrected chi connectivity index (χ1v) is 5.63. The molecule has 0 aliphatic heterocycles. The van der Waals surface area contributed by atoms with E-state index >= 15 is 0 Å². The zero-order chi connectivity index (χ0) is 11.1. The second kappa shape index (κ2) is 6.41. The van der Waals surface area contributed by atoms with E-state index in [4.69, 9.17) is 0 Å². The van der Waals surface area contributed by atoms with E-state index in [9.17, 15) is 5.11 Å². The van der Waals surface area contributed by atoms with Gasteiger partial charge in [-0.25, -0.2) is 0 Å². The van der Waals surface area contributed by atoms with Crippen LogP contribution in [0.25, 0.3) is 6.08 Å². The summed E-state index contributed by atoms with van der Waals surface area (Å²) in [5, 5.41) is 9.48. The van der Waals surface area contributed by atoms with Crippen molar-refractivity contribution in [3.8, 4) is 0 Å². The van der Waals surface area contributed by atoms with Crippen LogP contribution >= 0.6 is 0 Å². The van der Waals surface area contributed by atoms with Crippen molar-refractivity contribution in [3.63, 3.8) is 0 Å². The van der Waals surface area contributed by atoms with Gasteiger partial charge in [0.2, 0.25) is 0 Å². The van der Waals surface area contributed by atoms with Crippen LogP contribution in [-0.2, 0) is 0 Å². The van der Waals surface area contributed by atoms with Crippen molar-refractivity contribution in [2.24, 2.45) is 5.92 Å². The zero-order valence-electron chi connectivity index (χ0n) is 9.56. The van der Waals surface area contributed by atoms with Gasteiger partial charge in [0, 0.05) is 0 Å².